The summed E-state index contributed by atoms with van der Waals surface area (Å²) >= 11 is 6.64. The summed E-state index contributed by atoms with van der Waals surface area (Å²) in [6.45, 7) is 10.2. The number of carbonyl (C=O) groups excluding carboxylic acids is 1. The first-order valence-electron chi connectivity index (χ1n) is 17.3. The van der Waals surface area contributed by atoms with Crippen LogP contribution in [0.25, 0.3) is 11.3 Å². The van der Waals surface area contributed by atoms with E-state index >= 15 is 0 Å². The second-order valence-electron chi connectivity index (χ2n) is 14.0. The van der Waals surface area contributed by atoms with Gasteiger partial charge in [0.25, 0.3) is 0 Å². The van der Waals surface area contributed by atoms with Crippen molar-refractivity contribution in [2.75, 3.05) is 45.5 Å². The molecule has 0 unspecified atom stereocenters. The van der Waals surface area contributed by atoms with Crippen molar-refractivity contribution in [3.05, 3.63) is 88.3 Å². The molecule has 10 nitrogen and oxygen atoms in total. The van der Waals surface area contributed by atoms with E-state index in [0.29, 0.717) is 55.1 Å². The van der Waals surface area contributed by atoms with Gasteiger partial charge in [-0.15, -0.1) is 0 Å². The van der Waals surface area contributed by atoms with Crippen LogP contribution in [0.3, 0.4) is 0 Å². The molecule has 2 fully saturated rings. The normalized spacial score (nSPS) is 19.1. The molecule has 1 amide bonds. The molecule has 0 aliphatic carbocycles. The lowest BCUT2D eigenvalue weighted by molar-refractivity contribution is 0.0540. The number of hydrogen-bond donors (Lipinski definition) is 1. The van der Waals surface area contributed by atoms with E-state index in [1.165, 1.54) is 10.6 Å². The summed E-state index contributed by atoms with van der Waals surface area (Å²) in [6, 6.07) is 16.0. The van der Waals surface area contributed by atoms with Crippen molar-refractivity contribution in [2.45, 2.75) is 64.6 Å². The van der Waals surface area contributed by atoms with Gasteiger partial charge in [-0.05, 0) is 87.2 Å². The second kappa shape index (κ2) is 15.3. The number of rotatable bonds is 10. The summed E-state index contributed by atoms with van der Waals surface area (Å²) in [6.07, 6.45) is 5.67. The molecule has 49 heavy (non-hydrogen) atoms. The Labute approximate surface area is 295 Å². The molecule has 1 aromatic heterocycles. The molecule has 264 valence electrons. The predicted molar refractivity (Wildman–Crippen MR) is 192 cm³/mol. The second-order valence-corrected chi connectivity index (χ2v) is 16.3. The van der Waals surface area contributed by atoms with E-state index in [1.54, 1.807) is 11.8 Å². The number of carbonyl (C=O) groups is 1. The van der Waals surface area contributed by atoms with Crippen LogP contribution in [0.2, 0.25) is 5.02 Å². The third-order valence-electron chi connectivity index (χ3n) is 10.3. The third kappa shape index (κ3) is 8.75. The number of nitrogens with zero attached hydrogens (tertiary/aromatic N) is 5. The number of hydrogen-bond acceptors (Lipinski definition) is 7. The molecule has 12 heteroatoms. The SMILES string of the molecule is C=C(C)OC(=O)N1CCC(C2CCN(C[C@H](O)Cn3nc(-c4ccc(Cl)c(Cc5ccccc5)c4)c4c3CCN(S(C)(=O)=O)C4)CC2)CC1. The Morgan fingerprint density at radius 3 is 2.35 bits per heavy atom. The van der Waals surface area contributed by atoms with Gasteiger partial charge in [0.2, 0.25) is 10.0 Å². The molecule has 3 aliphatic heterocycles. The number of benzene rings is 2. The molecule has 0 spiro atoms. The predicted octanol–water partition coefficient (Wildman–Crippen LogP) is 5.57. The number of fused-ring (bicyclic) bond motifs is 1. The summed E-state index contributed by atoms with van der Waals surface area (Å²) in [5, 5.41) is 17.0. The molecule has 0 radical (unpaired) electrons. The molecule has 1 atom stereocenters. The van der Waals surface area contributed by atoms with Crippen LogP contribution in [0.15, 0.2) is 60.9 Å². The fraction of sp³-hybridized carbons (Fsp3) is 0.514. The first-order chi connectivity index (χ1) is 23.4. The molecule has 1 N–H and O–H groups in total. The van der Waals surface area contributed by atoms with Crippen LogP contribution in [-0.2, 0) is 40.7 Å². The molecule has 2 aromatic carbocycles. The number of sulfonamides is 1. The fourth-order valence-corrected chi connectivity index (χ4v) is 8.71. The largest absolute Gasteiger partial charge is 0.416 e. The van der Waals surface area contributed by atoms with E-state index in [4.69, 9.17) is 21.4 Å². The van der Waals surface area contributed by atoms with Crippen LogP contribution >= 0.6 is 11.6 Å². The van der Waals surface area contributed by atoms with Gasteiger partial charge in [0.1, 0.15) is 0 Å². The average Bonchev–Trinajstić information content (AvgIpc) is 3.43. The first kappa shape index (κ1) is 35.6. The van der Waals surface area contributed by atoms with E-state index in [1.807, 2.05) is 35.0 Å². The minimum atomic E-state index is -3.39. The van der Waals surface area contributed by atoms with Crippen molar-refractivity contribution < 1.29 is 23.1 Å². The lowest BCUT2D eigenvalue weighted by Crippen LogP contribution is -2.44. The number of piperidine rings is 2. The highest BCUT2D eigenvalue weighted by atomic mass is 35.5. The Morgan fingerprint density at radius 2 is 1.69 bits per heavy atom. The summed E-state index contributed by atoms with van der Waals surface area (Å²) in [5.41, 5.74) is 5.61. The van der Waals surface area contributed by atoms with E-state index < -0.39 is 16.1 Å². The first-order valence-corrected chi connectivity index (χ1v) is 19.6. The van der Waals surface area contributed by atoms with Gasteiger partial charge in [0.15, 0.2) is 0 Å². The molecule has 3 aromatic rings. The van der Waals surface area contributed by atoms with E-state index in [9.17, 15) is 18.3 Å². The van der Waals surface area contributed by atoms with Crippen LogP contribution in [0.1, 0.15) is 55.0 Å². The van der Waals surface area contributed by atoms with E-state index in [-0.39, 0.29) is 12.6 Å². The fourth-order valence-electron chi connectivity index (χ4n) is 7.73. The molecule has 2 saturated heterocycles. The Morgan fingerprint density at radius 1 is 1.02 bits per heavy atom. The summed E-state index contributed by atoms with van der Waals surface area (Å²) < 4.78 is 33.7. The number of aliphatic hydroxyl groups is 1. The number of ether oxygens (including phenoxy) is 1. The minimum absolute atomic E-state index is 0.248. The van der Waals surface area contributed by atoms with Gasteiger partial charge in [0.05, 0.1) is 30.4 Å². The number of amides is 1. The Hall–Kier alpha value is -3.22. The van der Waals surface area contributed by atoms with Crippen LogP contribution in [-0.4, -0.2) is 95.1 Å². The van der Waals surface area contributed by atoms with Crippen molar-refractivity contribution >= 4 is 27.7 Å². The highest BCUT2D eigenvalue weighted by Crippen LogP contribution is 2.35. The number of halogens is 1. The molecule has 0 saturated carbocycles. The van der Waals surface area contributed by atoms with Gasteiger partial charge in [-0.2, -0.15) is 9.40 Å². The van der Waals surface area contributed by atoms with Crippen LogP contribution in [0, 0.1) is 11.8 Å². The van der Waals surface area contributed by atoms with Crippen molar-refractivity contribution in [3.8, 4) is 11.3 Å². The lowest BCUT2D eigenvalue weighted by Gasteiger charge is -2.40. The number of β-amino-alcohol motifs (C(OH)–C–C–N with tert-alkyl or cyclic N) is 1. The van der Waals surface area contributed by atoms with Gasteiger partial charge >= 0.3 is 6.09 Å². The maximum atomic E-state index is 12.6. The quantitative estimate of drug-likeness (QED) is 0.275. The van der Waals surface area contributed by atoms with Gasteiger partial charge in [-0.3, -0.25) is 4.68 Å². The monoisotopic (exact) mass is 709 g/mol. The number of allylic oxidation sites excluding steroid dienone is 1. The molecule has 6 rings (SSSR count). The molecular weight excluding hydrogens is 662 g/mol. The highest BCUT2D eigenvalue weighted by Gasteiger charge is 2.33. The zero-order valence-corrected chi connectivity index (χ0v) is 30.1. The molecular formula is C37H48ClN5O5S. The topological polar surface area (TPSA) is 108 Å². The minimum Gasteiger partial charge on any atom is -0.416 e. The van der Waals surface area contributed by atoms with Crippen molar-refractivity contribution in [2.24, 2.45) is 11.8 Å². The summed E-state index contributed by atoms with van der Waals surface area (Å²) in [4.78, 5) is 16.4. The van der Waals surface area contributed by atoms with Crippen LogP contribution in [0.5, 0.6) is 0 Å². The number of aliphatic hydroxyl groups excluding tert-OH is 1. The molecule has 4 heterocycles. The maximum Gasteiger partial charge on any atom is 0.414 e. The van der Waals surface area contributed by atoms with Crippen molar-refractivity contribution in [1.29, 1.82) is 0 Å². The van der Waals surface area contributed by atoms with Crippen LogP contribution in [0.4, 0.5) is 4.79 Å². The van der Waals surface area contributed by atoms with Gasteiger partial charge in [-0.1, -0.05) is 54.6 Å². The van der Waals surface area contributed by atoms with Gasteiger partial charge in [-0.25, -0.2) is 13.2 Å². The lowest BCUT2D eigenvalue weighted by atomic mass is 9.79. The average molecular weight is 710 g/mol. The number of aromatic nitrogens is 2. The van der Waals surface area contributed by atoms with E-state index in [2.05, 4.69) is 29.7 Å². The highest BCUT2D eigenvalue weighted by molar-refractivity contribution is 7.88. The van der Waals surface area contributed by atoms with Crippen molar-refractivity contribution in [1.82, 2.24) is 23.9 Å². The van der Waals surface area contributed by atoms with Crippen molar-refractivity contribution in [3.63, 3.8) is 0 Å². The standard InChI is InChI=1S/C37H48ClN5O5S/c1-26(2)48-37(45)41-18-13-29(14-19-41)28-11-16-40(17-12-28)23-32(44)24-43-35-15-20-42(49(3,46)47)25-33(35)36(39-43)30-9-10-34(38)31(22-30)21-27-7-5-4-6-8-27/h4-10,22,28-29,32,44H,1,11-21,23-25H2,2-3H3/t32-/m0/s1. The van der Waals surface area contributed by atoms with Gasteiger partial charge < -0.3 is 19.6 Å². The zero-order valence-electron chi connectivity index (χ0n) is 28.6. The summed E-state index contributed by atoms with van der Waals surface area (Å²) in [5.74, 6) is 1.64. The Kier molecular flexibility index (Phi) is 11.2. The maximum absolute atomic E-state index is 12.6. The summed E-state index contributed by atoms with van der Waals surface area (Å²) in [7, 11) is -3.39. The zero-order chi connectivity index (χ0) is 34.7. The molecule has 0 bridgehead atoms. The smallest absolute Gasteiger partial charge is 0.414 e. The Bertz CT molecular complexity index is 1750. The van der Waals surface area contributed by atoms with E-state index in [0.717, 1.165) is 85.5 Å². The van der Waals surface area contributed by atoms with Crippen LogP contribution < -0.4 is 0 Å². The Balaban J connectivity index is 1.11. The molecule has 3 aliphatic rings. The third-order valence-corrected chi connectivity index (χ3v) is 12.0. The number of likely N-dealkylation sites (tertiary alicyclic amines) is 2. The van der Waals surface area contributed by atoms with Gasteiger partial charge in [0, 0.05) is 61.0 Å².